The summed E-state index contributed by atoms with van der Waals surface area (Å²) >= 11 is 0. The van der Waals surface area contributed by atoms with Gasteiger partial charge in [-0.25, -0.2) is 0 Å². The Labute approximate surface area is 179 Å². The highest BCUT2D eigenvalue weighted by atomic mass is 16.5. The Morgan fingerprint density at radius 2 is 1.60 bits per heavy atom. The smallest absolute Gasteiger partial charge is 0.246 e. The zero-order valence-electron chi connectivity index (χ0n) is 18.3. The first-order valence-corrected chi connectivity index (χ1v) is 11.2. The average molecular weight is 415 g/mol. The van der Waals surface area contributed by atoms with Crippen LogP contribution in [0.25, 0.3) is 6.08 Å². The van der Waals surface area contributed by atoms with Gasteiger partial charge < -0.3 is 19.3 Å². The third-order valence-electron chi connectivity index (χ3n) is 5.87. The lowest BCUT2D eigenvalue weighted by atomic mass is 10.0. The van der Waals surface area contributed by atoms with Crippen molar-refractivity contribution < 1.29 is 19.1 Å². The van der Waals surface area contributed by atoms with Crippen LogP contribution >= 0.6 is 0 Å². The number of hydrogen-bond acceptors (Lipinski definition) is 4. The molecule has 0 radical (unpaired) electrons. The van der Waals surface area contributed by atoms with Crippen LogP contribution in [0.5, 0.6) is 11.5 Å². The van der Waals surface area contributed by atoms with E-state index in [1.54, 1.807) is 12.2 Å². The van der Waals surface area contributed by atoms with Crippen molar-refractivity contribution in [2.45, 2.75) is 46.0 Å². The molecule has 1 aliphatic carbocycles. The number of piperazine rings is 1. The van der Waals surface area contributed by atoms with E-state index in [0.29, 0.717) is 63.2 Å². The van der Waals surface area contributed by atoms with Crippen molar-refractivity contribution in [1.29, 1.82) is 0 Å². The first kappa shape index (κ1) is 22.2. The Kier molecular flexibility index (Phi) is 8.17. The number of amides is 2. The molecule has 0 spiro atoms. The molecule has 1 saturated heterocycles. The standard InChI is InChI=1S/C24H34N2O4/c1-3-29-21-11-9-20(17-22(21)30-4-2)10-12-23(27)25-13-15-26(16-14-25)24(28)18-19-7-5-6-8-19/h9-12,17,19H,3-8,13-16,18H2,1-2H3/b12-10+. The molecule has 1 aliphatic heterocycles. The number of hydrogen-bond donors (Lipinski definition) is 0. The first-order chi connectivity index (χ1) is 14.6. The summed E-state index contributed by atoms with van der Waals surface area (Å²) in [4.78, 5) is 28.8. The predicted molar refractivity (Wildman–Crippen MR) is 118 cm³/mol. The lowest BCUT2D eigenvalue weighted by Crippen LogP contribution is -2.50. The highest BCUT2D eigenvalue weighted by Gasteiger charge is 2.26. The summed E-state index contributed by atoms with van der Waals surface area (Å²) in [6.07, 6.45) is 8.96. The summed E-state index contributed by atoms with van der Waals surface area (Å²) in [6.45, 7) is 7.43. The molecule has 0 atom stereocenters. The maximum absolute atomic E-state index is 12.6. The summed E-state index contributed by atoms with van der Waals surface area (Å²) in [6, 6.07) is 5.67. The zero-order chi connectivity index (χ0) is 21.3. The lowest BCUT2D eigenvalue weighted by molar-refractivity contribution is -0.137. The molecule has 0 bridgehead atoms. The van der Waals surface area contributed by atoms with Gasteiger partial charge in [0.2, 0.25) is 11.8 Å². The molecule has 3 rings (SSSR count). The van der Waals surface area contributed by atoms with Crippen LogP contribution in [0.1, 0.15) is 51.5 Å². The molecular weight excluding hydrogens is 380 g/mol. The third kappa shape index (κ3) is 6.00. The lowest BCUT2D eigenvalue weighted by Gasteiger charge is -2.34. The van der Waals surface area contributed by atoms with E-state index in [2.05, 4.69) is 0 Å². The van der Waals surface area contributed by atoms with E-state index in [1.807, 2.05) is 41.8 Å². The fourth-order valence-electron chi connectivity index (χ4n) is 4.21. The van der Waals surface area contributed by atoms with Gasteiger partial charge in [-0.2, -0.15) is 0 Å². The van der Waals surface area contributed by atoms with Crippen molar-refractivity contribution in [2.75, 3.05) is 39.4 Å². The van der Waals surface area contributed by atoms with E-state index in [1.165, 1.54) is 25.7 Å². The van der Waals surface area contributed by atoms with E-state index < -0.39 is 0 Å². The number of rotatable bonds is 8. The van der Waals surface area contributed by atoms with Gasteiger partial charge in [0.15, 0.2) is 11.5 Å². The Balaban J connectivity index is 1.51. The molecule has 0 unspecified atom stereocenters. The molecule has 6 nitrogen and oxygen atoms in total. The van der Waals surface area contributed by atoms with Gasteiger partial charge >= 0.3 is 0 Å². The van der Waals surface area contributed by atoms with E-state index in [0.717, 1.165) is 5.56 Å². The molecule has 2 amide bonds. The van der Waals surface area contributed by atoms with Gasteiger partial charge in [-0.1, -0.05) is 18.9 Å². The number of ether oxygens (including phenoxy) is 2. The van der Waals surface area contributed by atoms with Gasteiger partial charge in [0.05, 0.1) is 13.2 Å². The van der Waals surface area contributed by atoms with Gasteiger partial charge in [0.1, 0.15) is 0 Å². The van der Waals surface area contributed by atoms with Crippen molar-refractivity contribution in [3.8, 4) is 11.5 Å². The Morgan fingerprint density at radius 1 is 0.967 bits per heavy atom. The summed E-state index contributed by atoms with van der Waals surface area (Å²) in [5.41, 5.74) is 0.889. The largest absolute Gasteiger partial charge is 0.490 e. The van der Waals surface area contributed by atoms with Crippen LogP contribution in [0.15, 0.2) is 24.3 Å². The van der Waals surface area contributed by atoms with Crippen LogP contribution in [-0.2, 0) is 9.59 Å². The van der Waals surface area contributed by atoms with Gasteiger partial charge in [-0.3, -0.25) is 9.59 Å². The number of benzene rings is 1. The van der Waals surface area contributed by atoms with E-state index in [-0.39, 0.29) is 11.8 Å². The van der Waals surface area contributed by atoms with E-state index in [4.69, 9.17) is 9.47 Å². The Morgan fingerprint density at radius 3 is 2.27 bits per heavy atom. The fraction of sp³-hybridized carbons (Fsp3) is 0.583. The molecule has 1 aromatic rings. The average Bonchev–Trinajstić information content (AvgIpc) is 3.27. The van der Waals surface area contributed by atoms with Crippen LogP contribution in [-0.4, -0.2) is 61.0 Å². The van der Waals surface area contributed by atoms with Crippen molar-refractivity contribution in [3.05, 3.63) is 29.8 Å². The van der Waals surface area contributed by atoms with Crippen LogP contribution in [0.4, 0.5) is 0 Å². The summed E-state index contributed by atoms with van der Waals surface area (Å²) in [5, 5.41) is 0. The van der Waals surface area contributed by atoms with Gasteiger partial charge in [-0.05, 0) is 56.4 Å². The molecule has 2 aliphatic rings. The SMILES string of the molecule is CCOc1ccc(/C=C/C(=O)N2CCN(C(=O)CC3CCCC3)CC2)cc1OCC. The quantitative estimate of drug-likeness (QED) is 0.608. The molecule has 1 heterocycles. The monoisotopic (exact) mass is 414 g/mol. The minimum absolute atomic E-state index is 0.0234. The Bertz CT molecular complexity index is 748. The minimum atomic E-state index is -0.0234. The minimum Gasteiger partial charge on any atom is -0.490 e. The van der Waals surface area contributed by atoms with Gasteiger partial charge in [0.25, 0.3) is 0 Å². The molecule has 30 heavy (non-hydrogen) atoms. The van der Waals surface area contributed by atoms with Crippen LogP contribution in [0.2, 0.25) is 0 Å². The molecule has 1 aromatic carbocycles. The van der Waals surface area contributed by atoms with Gasteiger partial charge in [-0.15, -0.1) is 0 Å². The number of nitrogens with zero attached hydrogens (tertiary/aromatic N) is 2. The molecule has 164 valence electrons. The maximum Gasteiger partial charge on any atom is 0.246 e. The second-order valence-electron chi connectivity index (χ2n) is 7.97. The fourth-order valence-corrected chi connectivity index (χ4v) is 4.21. The van der Waals surface area contributed by atoms with Crippen molar-refractivity contribution in [2.24, 2.45) is 5.92 Å². The molecule has 2 fully saturated rings. The number of carbonyl (C=O) groups excluding carboxylic acids is 2. The van der Waals surface area contributed by atoms with Crippen LogP contribution < -0.4 is 9.47 Å². The summed E-state index contributed by atoms with van der Waals surface area (Å²) < 4.78 is 11.2. The maximum atomic E-state index is 12.6. The van der Waals surface area contributed by atoms with E-state index in [9.17, 15) is 9.59 Å². The second kappa shape index (κ2) is 11.0. The van der Waals surface area contributed by atoms with Crippen molar-refractivity contribution in [1.82, 2.24) is 9.80 Å². The first-order valence-electron chi connectivity index (χ1n) is 11.2. The third-order valence-corrected chi connectivity index (χ3v) is 5.87. The van der Waals surface area contributed by atoms with Gasteiger partial charge in [0, 0.05) is 38.7 Å². The molecule has 6 heteroatoms. The zero-order valence-corrected chi connectivity index (χ0v) is 18.3. The van der Waals surface area contributed by atoms with E-state index >= 15 is 0 Å². The van der Waals surface area contributed by atoms with Crippen molar-refractivity contribution >= 4 is 17.9 Å². The highest BCUT2D eigenvalue weighted by Crippen LogP contribution is 2.29. The molecule has 0 N–H and O–H groups in total. The second-order valence-corrected chi connectivity index (χ2v) is 7.97. The number of carbonyl (C=O) groups is 2. The Hall–Kier alpha value is -2.50. The molecule has 1 saturated carbocycles. The van der Waals surface area contributed by atoms with Crippen LogP contribution in [0, 0.1) is 5.92 Å². The van der Waals surface area contributed by atoms with Crippen LogP contribution in [0.3, 0.4) is 0 Å². The molecule has 0 aromatic heterocycles. The normalized spacial score (nSPS) is 17.5. The highest BCUT2D eigenvalue weighted by molar-refractivity contribution is 5.92. The summed E-state index contributed by atoms with van der Waals surface area (Å²) in [7, 11) is 0. The molecular formula is C24H34N2O4. The van der Waals surface area contributed by atoms with Crippen molar-refractivity contribution in [3.63, 3.8) is 0 Å². The topological polar surface area (TPSA) is 59.1 Å². The summed E-state index contributed by atoms with van der Waals surface area (Å²) in [5.74, 6) is 2.19. The predicted octanol–water partition coefficient (Wildman–Crippen LogP) is 3.75.